The number of carboxylic acid groups (broad SMARTS) is 1. The van der Waals surface area contributed by atoms with Crippen LogP contribution in [0.25, 0.3) is 0 Å². The highest BCUT2D eigenvalue weighted by Gasteiger charge is 2.16. The maximum atomic E-state index is 11.7. The van der Waals surface area contributed by atoms with Crippen molar-refractivity contribution < 1.29 is 23.8 Å². The molecule has 5 heteroatoms. The van der Waals surface area contributed by atoms with Crippen molar-refractivity contribution in [3.8, 4) is 0 Å². The number of hydrogen-bond donors (Lipinski definition) is 1. The summed E-state index contributed by atoms with van der Waals surface area (Å²) >= 11 is 0. The van der Waals surface area contributed by atoms with Crippen LogP contribution in [0.1, 0.15) is 20.7 Å². The third-order valence-corrected chi connectivity index (χ3v) is 1.56. The minimum absolute atomic E-state index is 0.155. The minimum atomic E-state index is -1.27. The molecule has 0 saturated heterocycles. The Labute approximate surface area is 78.9 Å². The molecule has 0 saturated carbocycles. The Morgan fingerprint density at radius 3 is 2.36 bits per heavy atom. The highest BCUT2D eigenvalue weighted by atomic mass is 19.1. The summed E-state index contributed by atoms with van der Waals surface area (Å²) < 4.78 is 15.7. The van der Waals surface area contributed by atoms with Gasteiger partial charge in [0.15, 0.2) is 0 Å². The van der Waals surface area contributed by atoms with E-state index in [2.05, 4.69) is 4.74 Å². The van der Waals surface area contributed by atoms with E-state index in [1.165, 1.54) is 24.3 Å². The lowest BCUT2D eigenvalue weighted by molar-refractivity contribution is 0.0318. The maximum Gasteiger partial charge on any atom is 0.341 e. The van der Waals surface area contributed by atoms with Gasteiger partial charge in [0.2, 0.25) is 6.86 Å². The van der Waals surface area contributed by atoms with Gasteiger partial charge in [0.1, 0.15) is 0 Å². The van der Waals surface area contributed by atoms with E-state index in [4.69, 9.17) is 5.11 Å². The zero-order valence-corrected chi connectivity index (χ0v) is 7.07. The number of hydrogen-bond acceptors (Lipinski definition) is 3. The summed E-state index contributed by atoms with van der Waals surface area (Å²) in [6.45, 7) is -1.27. The molecule has 0 aromatic heterocycles. The Hall–Kier alpha value is -1.91. The smallest absolute Gasteiger partial charge is 0.341 e. The fourth-order valence-corrected chi connectivity index (χ4v) is 0.975. The van der Waals surface area contributed by atoms with Gasteiger partial charge in [0, 0.05) is 0 Å². The molecule has 0 atom stereocenters. The molecule has 0 aliphatic heterocycles. The molecule has 0 bridgehead atoms. The van der Waals surface area contributed by atoms with Crippen LogP contribution in [0.2, 0.25) is 0 Å². The van der Waals surface area contributed by atoms with Crippen LogP contribution in [0.4, 0.5) is 4.39 Å². The Morgan fingerprint density at radius 2 is 1.86 bits per heavy atom. The summed E-state index contributed by atoms with van der Waals surface area (Å²) in [5.41, 5.74) is -0.358. The van der Waals surface area contributed by atoms with Gasteiger partial charge in [-0.25, -0.2) is 14.0 Å². The predicted molar refractivity (Wildman–Crippen MR) is 44.8 cm³/mol. The van der Waals surface area contributed by atoms with Gasteiger partial charge in [-0.3, -0.25) is 0 Å². The molecule has 1 rings (SSSR count). The van der Waals surface area contributed by atoms with Crippen molar-refractivity contribution in [2.24, 2.45) is 0 Å². The van der Waals surface area contributed by atoms with E-state index in [0.29, 0.717) is 0 Å². The Morgan fingerprint density at radius 1 is 1.29 bits per heavy atom. The molecule has 0 amide bonds. The van der Waals surface area contributed by atoms with Gasteiger partial charge in [-0.2, -0.15) is 0 Å². The molecule has 0 aliphatic carbocycles. The fraction of sp³-hybridized carbons (Fsp3) is 0.111. The summed E-state index contributed by atoms with van der Waals surface area (Å²) in [5, 5.41) is 8.68. The molecule has 0 fully saturated rings. The van der Waals surface area contributed by atoms with Crippen LogP contribution in [0, 0.1) is 0 Å². The summed E-state index contributed by atoms with van der Waals surface area (Å²) in [6, 6.07) is 5.45. The van der Waals surface area contributed by atoms with E-state index in [9.17, 15) is 14.0 Å². The van der Waals surface area contributed by atoms with E-state index in [1.807, 2.05) is 0 Å². The first kappa shape index (κ1) is 10.2. The van der Waals surface area contributed by atoms with Crippen molar-refractivity contribution in [1.82, 2.24) is 0 Å². The number of alkyl halides is 1. The predicted octanol–water partition coefficient (Wildman–Crippen LogP) is 1.47. The van der Waals surface area contributed by atoms with E-state index >= 15 is 0 Å². The van der Waals surface area contributed by atoms with Gasteiger partial charge >= 0.3 is 11.9 Å². The van der Waals surface area contributed by atoms with Gasteiger partial charge in [-0.15, -0.1) is 0 Å². The lowest BCUT2D eigenvalue weighted by Gasteiger charge is -2.03. The lowest BCUT2D eigenvalue weighted by Crippen LogP contribution is -2.10. The van der Waals surface area contributed by atoms with E-state index in [0.717, 1.165) is 0 Å². The zero-order chi connectivity index (χ0) is 10.6. The molecular formula is C9H7FO4. The van der Waals surface area contributed by atoms with Crippen molar-refractivity contribution in [2.45, 2.75) is 0 Å². The van der Waals surface area contributed by atoms with Crippen LogP contribution in [0.5, 0.6) is 0 Å². The fourth-order valence-electron chi connectivity index (χ4n) is 0.975. The van der Waals surface area contributed by atoms with Gasteiger partial charge in [-0.05, 0) is 12.1 Å². The Balaban J connectivity index is 3.07. The summed E-state index contributed by atoms with van der Waals surface area (Å²) in [7, 11) is 0. The number of ether oxygens (including phenoxy) is 1. The van der Waals surface area contributed by atoms with Crippen LogP contribution in [0.3, 0.4) is 0 Å². The topological polar surface area (TPSA) is 63.6 Å². The normalized spacial score (nSPS) is 9.50. The van der Waals surface area contributed by atoms with Crippen molar-refractivity contribution in [3.05, 3.63) is 35.4 Å². The molecule has 0 unspecified atom stereocenters. The number of carbonyl (C=O) groups excluding carboxylic acids is 1. The molecule has 4 nitrogen and oxygen atoms in total. The molecule has 0 heterocycles. The van der Waals surface area contributed by atoms with Crippen LogP contribution in [0.15, 0.2) is 24.3 Å². The summed E-state index contributed by atoms with van der Waals surface area (Å²) in [5.74, 6) is -2.23. The second kappa shape index (κ2) is 4.36. The summed E-state index contributed by atoms with van der Waals surface area (Å²) in [6.07, 6.45) is 0. The summed E-state index contributed by atoms with van der Waals surface area (Å²) in [4.78, 5) is 21.7. The number of esters is 1. The third kappa shape index (κ3) is 2.07. The zero-order valence-electron chi connectivity index (χ0n) is 7.07. The van der Waals surface area contributed by atoms with Crippen LogP contribution in [-0.2, 0) is 4.74 Å². The standard InChI is InChI=1S/C9H7FO4/c10-5-14-9(13)7-4-2-1-3-6(7)8(11)12/h1-4H,5H2,(H,11,12). The van der Waals surface area contributed by atoms with E-state index in [1.54, 1.807) is 0 Å². The van der Waals surface area contributed by atoms with Crippen LogP contribution >= 0.6 is 0 Å². The van der Waals surface area contributed by atoms with Crippen molar-refractivity contribution in [1.29, 1.82) is 0 Å². The van der Waals surface area contributed by atoms with Gasteiger partial charge in [-0.1, -0.05) is 12.1 Å². The highest BCUT2D eigenvalue weighted by Crippen LogP contribution is 2.10. The number of rotatable bonds is 3. The van der Waals surface area contributed by atoms with E-state index in [-0.39, 0.29) is 11.1 Å². The highest BCUT2D eigenvalue weighted by molar-refractivity contribution is 6.02. The maximum absolute atomic E-state index is 11.7. The number of carboxylic acids is 1. The first-order valence-electron chi connectivity index (χ1n) is 3.72. The molecule has 1 N–H and O–H groups in total. The van der Waals surface area contributed by atoms with Gasteiger partial charge < -0.3 is 9.84 Å². The molecule has 1 aromatic carbocycles. The van der Waals surface area contributed by atoms with Gasteiger partial charge in [0.25, 0.3) is 0 Å². The first-order chi connectivity index (χ1) is 6.66. The van der Waals surface area contributed by atoms with Crippen molar-refractivity contribution >= 4 is 11.9 Å². The first-order valence-corrected chi connectivity index (χ1v) is 3.72. The quantitative estimate of drug-likeness (QED) is 0.747. The number of carbonyl (C=O) groups is 2. The Bertz CT molecular complexity index is 362. The Kier molecular flexibility index (Phi) is 3.17. The SMILES string of the molecule is O=C(O)c1ccccc1C(=O)OCF. The molecular weight excluding hydrogens is 191 g/mol. The second-order valence-corrected chi connectivity index (χ2v) is 2.39. The van der Waals surface area contributed by atoms with Crippen molar-refractivity contribution in [2.75, 3.05) is 6.86 Å². The van der Waals surface area contributed by atoms with Crippen LogP contribution < -0.4 is 0 Å². The molecule has 0 aliphatic rings. The van der Waals surface area contributed by atoms with Crippen molar-refractivity contribution in [3.63, 3.8) is 0 Å². The average molecular weight is 198 g/mol. The van der Waals surface area contributed by atoms with E-state index < -0.39 is 18.8 Å². The lowest BCUT2D eigenvalue weighted by atomic mass is 10.1. The molecule has 0 radical (unpaired) electrons. The average Bonchev–Trinajstić information content (AvgIpc) is 2.18. The number of aromatic carboxylic acids is 1. The molecule has 14 heavy (non-hydrogen) atoms. The molecule has 0 spiro atoms. The number of benzene rings is 1. The monoisotopic (exact) mass is 198 g/mol. The largest absolute Gasteiger partial charge is 0.478 e. The molecule has 1 aromatic rings. The number of halogens is 1. The second-order valence-electron chi connectivity index (χ2n) is 2.39. The minimum Gasteiger partial charge on any atom is -0.478 e. The van der Waals surface area contributed by atoms with Crippen LogP contribution in [-0.4, -0.2) is 23.9 Å². The van der Waals surface area contributed by atoms with Gasteiger partial charge in [0.05, 0.1) is 11.1 Å². The molecule has 74 valence electrons. The third-order valence-electron chi connectivity index (χ3n) is 1.56.